The van der Waals surface area contributed by atoms with Gasteiger partial charge in [0, 0.05) is 7.11 Å². The molecule has 0 aromatic carbocycles. The minimum atomic E-state index is -0.408. The van der Waals surface area contributed by atoms with E-state index in [0.717, 1.165) is 5.56 Å². The number of hydrogen-bond acceptors (Lipinski definition) is 4. The summed E-state index contributed by atoms with van der Waals surface area (Å²) in [6.07, 6.45) is -0.518. The van der Waals surface area contributed by atoms with Gasteiger partial charge in [0.25, 0.3) is 0 Å². The average molecular weight is 229 g/mol. The van der Waals surface area contributed by atoms with Gasteiger partial charge < -0.3 is 14.8 Å². The van der Waals surface area contributed by atoms with Crippen LogP contribution in [0.3, 0.4) is 0 Å². The van der Waals surface area contributed by atoms with E-state index in [0.29, 0.717) is 13.2 Å². The summed E-state index contributed by atoms with van der Waals surface area (Å²) < 4.78 is 10.0. The van der Waals surface area contributed by atoms with E-state index in [1.54, 1.807) is 25.4 Å². The molecule has 1 heterocycles. The van der Waals surface area contributed by atoms with Gasteiger partial charge in [0.2, 0.25) is 0 Å². The fourth-order valence-electron chi connectivity index (χ4n) is 1.15. The molecular weight excluding hydrogens is 214 g/mol. The first kappa shape index (κ1) is 12.0. The summed E-state index contributed by atoms with van der Waals surface area (Å²) in [5.74, 6) is 0. The smallest absolute Gasteiger partial charge is 0.407 e. The van der Waals surface area contributed by atoms with Crippen molar-refractivity contribution in [3.05, 3.63) is 22.4 Å². The van der Waals surface area contributed by atoms with Gasteiger partial charge in [-0.1, -0.05) is 0 Å². The van der Waals surface area contributed by atoms with Crippen molar-refractivity contribution in [3.63, 3.8) is 0 Å². The summed E-state index contributed by atoms with van der Waals surface area (Å²) in [4.78, 5) is 11.0. The number of carbonyl (C=O) groups is 1. The standard InChI is InChI=1S/C10H15NO3S/c1-3-14-10(12)11-6-9(13-2)8-4-5-15-7-8/h4-5,7,9H,3,6H2,1-2H3,(H,11,12). The number of methoxy groups -OCH3 is 1. The predicted octanol–water partition coefficient (Wildman–Crippen LogP) is 2.18. The molecule has 1 unspecified atom stereocenters. The molecule has 0 spiro atoms. The molecule has 1 N–H and O–H groups in total. The van der Waals surface area contributed by atoms with E-state index in [2.05, 4.69) is 5.32 Å². The van der Waals surface area contributed by atoms with Crippen LogP contribution in [-0.2, 0) is 9.47 Å². The van der Waals surface area contributed by atoms with Crippen molar-refractivity contribution in [2.75, 3.05) is 20.3 Å². The lowest BCUT2D eigenvalue weighted by Crippen LogP contribution is -2.29. The maximum absolute atomic E-state index is 11.0. The van der Waals surface area contributed by atoms with Crippen LogP contribution in [0.25, 0.3) is 0 Å². The third kappa shape index (κ3) is 3.89. The molecule has 0 aliphatic carbocycles. The van der Waals surface area contributed by atoms with Gasteiger partial charge in [0.15, 0.2) is 0 Å². The first-order chi connectivity index (χ1) is 7.27. The third-order valence-electron chi connectivity index (χ3n) is 1.91. The van der Waals surface area contributed by atoms with Crippen molar-refractivity contribution in [1.29, 1.82) is 0 Å². The van der Waals surface area contributed by atoms with Gasteiger partial charge in [-0.3, -0.25) is 0 Å². The van der Waals surface area contributed by atoms with Crippen molar-refractivity contribution >= 4 is 17.4 Å². The maximum atomic E-state index is 11.0. The second-order valence-electron chi connectivity index (χ2n) is 2.88. The fraction of sp³-hybridized carbons (Fsp3) is 0.500. The Kier molecular flexibility index (Phi) is 5.14. The Hall–Kier alpha value is -1.07. The van der Waals surface area contributed by atoms with Gasteiger partial charge in [-0.2, -0.15) is 11.3 Å². The number of amides is 1. The summed E-state index contributed by atoms with van der Waals surface area (Å²) in [5.41, 5.74) is 1.07. The van der Waals surface area contributed by atoms with Crippen LogP contribution < -0.4 is 5.32 Å². The minimum Gasteiger partial charge on any atom is -0.450 e. The largest absolute Gasteiger partial charge is 0.450 e. The van der Waals surface area contributed by atoms with E-state index in [-0.39, 0.29) is 6.10 Å². The molecule has 1 aromatic rings. The molecule has 84 valence electrons. The Labute approximate surface area is 93.2 Å². The lowest BCUT2D eigenvalue weighted by Gasteiger charge is -2.14. The fourth-order valence-corrected chi connectivity index (χ4v) is 1.86. The number of ether oxygens (including phenoxy) is 2. The molecule has 0 fully saturated rings. The van der Waals surface area contributed by atoms with E-state index in [1.807, 2.05) is 16.8 Å². The second kappa shape index (κ2) is 6.42. The molecule has 1 rings (SSSR count). The Bertz CT molecular complexity index is 287. The van der Waals surface area contributed by atoms with Crippen LogP contribution in [0.2, 0.25) is 0 Å². The molecule has 4 nitrogen and oxygen atoms in total. The van der Waals surface area contributed by atoms with E-state index >= 15 is 0 Å². The third-order valence-corrected chi connectivity index (χ3v) is 2.61. The number of carbonyl (C=O) groups excluding carboxylic acids is 1. The molecule has 0 aliphatic rings. The zero-order valence-corrected chi connectivity index (χ0v) is 9.67. The van der Waals surface area contributed by atoms with Crippen molar-refractivity contribution < 1.29 is 14.3 Å². The Balaban J connectivity index is 2.38. The predicted molar refractivity (Wildman–Crippen MR) is 59.1 cm³/mol. The van der Waals surface area contributed by atoms with Crippen LogP contribution in [0.5, 0.6) is 0 Å². The first-order valence-electron chi connectivity index (χ1n) is 4.73. The monoisotopic (exact) mass is 229 g/mol. The van der Waals surface area contributed by atoms with Gasteiger partial charge in [-0.05, 0) is 29.3 Å². The van der Waals surface area contributed by atoms with Crippen LogP contribution in [0, 0.1) is 0 Å². The molecule has 0 saturated heterocycles. The second-order valence-corrected chi connectivity index (χ2v) is 3.66. The van der Waals surface area contributed by atoms with E-state index in [9.17, 15) is 4.79 Å². The van der Waals surface area contributed by atoms with Gasteiger partial charge in [0.1, 0.15) is 6.10 Å². The van der Waals surface area contributed by atoms with Crippen LogP contribution in [-0.4, -0.2) is 26.4 Å². The van der Waals surface area contributed by atoms with Gasteiger partial charge in [0.05, 0.1) is 13.2 Å². The van der Waals surface area contributed by atoms with E-state index < -0.39 is 6.09 Å². The number of thiophene rings is 1. The topological polar surface area (TPSA) is 47.6 Å². The summed E-state index contributed by atoms with van der Waals surface area (Å²) in [6, 6.07) is 1.98. The van der Waals surface area contributed by atoms with Crippen LogP contribution >= 0.6 is 11.3 Å². The van der Waals surface area contributed by atoms with Crippen LogP contribution in [0.1, 0.15) is 18.6 Å². The molecule has 15 heavy (non-hydrogen) atoms. The Morgan fingerprint density at radius 3 is 3.00 bits per heavy atom. The molecule has 5 heteroatoms. The highest BCUT2D eigenvalue weighted by molar-refractivity contribution is 7.07. The van der Waals surface area contributed by atoms with E-state index in [1.165, 1.54) is 0 Å². The zero-order chi connectivity index (χ0) is 11.1. The number of nitrogens with one attached hydrogen (secondary N) is 1. The molecule has 0 aliphatic heterocycles. The molecule has 0 radical (unpaired) electrons. The SMILES string of the molecule is CCOC(=O)NCC(OC)c1ccsc1. The van der Waals surface area contributed by atoms with Crippen LogP contribution in [0.15, 0.2) is 16.8 Å². The van der Waals surface area contributed by atoms with Crippen molar-refractivity contribution in [1.82, 2.24) is 5.32 Å². The summed E-state index contributed by atoms with van der Waals surface area (Å²) in [6.45, 7) is 2.57. The lowest BCUT2D eigenvalue weighted by atomic mass is 10.2. The van der Waals surface area contributed by atoms with Gasteiger partial charge >= 0.3 is 6.09 Å². The first-order valence-corrected chi connectivity index (χ1v) is 5.67. The molecule has 0 bridgehead atoms. The zero-order valence-electron chi connectivity index (χ0n) is 8.86. The summed E-state index contributed by atoms with van der Waals surface area (Å²) >= 11 is 1.60. The summed E-state index contributed by atoms with van der Waals surface area (Å²) in [5, 5.41) is 6.62. The summed E-state index contributed by atoms with van der Waals surface area (Å²) in [7, 11) is 1.62. The van der Waals surface area contributed by atoms with E-state index in [4.69, 9.17) is 9.47 Å². The van der Waals surface area contributed by atoms with Crippen molar-refractivity contribution in [2.45, 2.75) is 13.0 Å². The Morgan fingerprint density at radius 1 is 1.67 bits per heavy atom. The number of alkyl carbamates (subject to hydrolysis) is 1. The molecule has 0 saturated carbocycles. The molecule has 1 amide bonds. The van der Waals surface area contributed by atoms with Crippen molar-refractivity contribution in [3.8, 4) is 0 Å². The number of rotatable bonds is 5. The molecule has 1 aromatic heterocycles. The quantitative estimate of drug-likeness (QED) is 0.841. The highest BCUT2D eigenvalue weighted by Crippen LogP contribution is 2.18. The molecule has 1 atom stereocenters. The minimum absolute atomic E-state index is 0.111. The average Bonchev–Trinajstić information content (AvgIpc) is 2.72. The lowest BCUT2D eigenvalue weighted by molar-refractivity contribution is 0.0959. The molecular formula is C10H15NO3S. The highest BCUT2D eigenvalue weighted by atomic mass is 32.1. The highest BCUT2D eigenvalue weighted by Gasteiger charge is 2.12. The Morgan fingerprint density at radius 2 is 2.47 bits per heavy atom. The maximum Gasteiger partial charge on any atom is 0.407 e. The number of hydrogen-bond donors (Lipinski definition) is 1. The normalized spacial score (nSPS) is 12.1. The van der Waals surface area contributed by atoms with Crippen LogP contribution in [0.4, 0.5) is 4.79 Å². The van der Waals surface area contributed by atoms with Crippen molar-refractivity contribution in [2.24, 2.45) is 0 Å². The van der Waals surface area contributed by atoms with Gasteiger partial charge in [-0.25, -0.2) is 4.79 Å². The van der Waals surface area contributed by atoms with Gasteiger partial charge in [-0.15, -0.1) is 0 Å².